The van der Waals surface area contributed by atoms with Gasteiger partial charge in [0.2, 0.25) is 0 Å². The zero-order chi connectivity index (χ0) is 14.1. The first-order valence-electron chi connectivity index (χ1n) is 7.48. The number of hydrogen-bond acceptors (Lipinski definition) is 3. The van der Waals surface area contributed by atoms with Gasteiger partial charge in [-0.1, -0.05) is 28.1 Å². The third kappa shape index (κ3) is 2.93. The van der Waals surface area contributed by atoms with Gasteiger partial charge in [-0.3, -0.25) is 4.90 Å². The predicted molar refractivity (Wildman–Crippen MR) is 85.0 cm³/mol. The Morgan fingerprint density at radius 3 is 2.85 bits per heavy atom. The van der Waals surface area contributed by atoms with Crippen molar-refractivity contribution in [3.63, 3.8) is 0 Å². The first-order chi connectivity index (χ1) is 9.70. The van der Waals surface area contributed by atoms with Gasteiger partial charge in [-0.25, -0.2) is 0 Å². The summed E-state index contributed by atoms with van der Waals surface area (Å²) in [5, 5.41) is 3.28. The molecular weight excluding hydrogens is 316 g/mol. The molecule has 2 unspecified atom stereocenters. The second-order valence-electron chi connectivity index (χ2n) is 5.89. The number of ether oxygens (including phenoxy) is 1. The molecule has 1 N–H and O–H groups in total. The number of aryl methyl sites for hydroxylation is 1. The maximum Gasteiger partial charge on any atom is 0.0896 e. The molecule has 0 radical (unpaired) electrons. The van der Waals surface area contributed by atoms with E-state index in [0.717, 1.165) is 25.7 Å². The number of nitrogens with one attached hydrogen (secondary N) is 1. The van der Waals surface area contributed by atoms with Crippen molar-refractivity contribution in [2.75, 3.05) is 26.7 Å². The van der Waals surface area contributed by atoms with Crippen molar-refractivity contribution >= 4 is 15.9 Å². The number of likely N-dealkylation sites (N-methyl/N-ethyl adjacent to an activating group) is 1. The average molecular weight is 339 g/mol. The molecule has 3 rings (SSSR count). The average Bonchev–Trinajstić information content (AvgIpc) is 3.27. The van der Waals surface area contributed by atoms with Crippen LogP contribution in [0.2, 0.25) is 0 Å². The van der Waals surface area contributed by atoms with Crippen molar-refractivity contribution in [1.29, 1.82) is 0 Å². The van der Waals surface area contributed by atoms with Gasteiger partial charge in [0, 0.05) is 23.6 Å². The highest BCUT2D eigenvalue weighted by Gasteiger charge is 2.41. The highest BCUT2D eigenvalue weighted by atomic mass is 79.9. The van der Waals surface area contributed by atoms with Gasteiger partial charge in [0.05, 0.1) is 18.8 Å². The summed E-state index contributed by atoms with van der Waals surface area (Å²) in [6.45, 7) is 4.95. The van der Waals surface area contributed by atoms with Gasteiger partial charge < -0.3 is 10.1 Å². The maximum atomic E-state index is 6.04. The van der Waals surface area contributed by atoms with E-state index in [1.165, 1.54) is 28.4 Å². The maximum absolute atomic E-state index is 6.04. The van der Waals surface area contributed by atoms with Crippen LogP contribution in [-0.4, -0.2) is 43.8 Å². The highest BCUT2D eigenvalue weighted by Crippen LogP contribution is 2.39. The first kappa shape index (κ1) is 14.5. The number of morpholine rings is 1. The SMILES string of the molecule is CNCC1OCCN(C2CC2)C1c1ccc(C)c(Br)c1. The topological polar surface area (TPSA) is 24.5 Å². The van der Waals surface area contributed by atoms with Gasteiger partial charge in [-0.15, -0.1) is 0 Å². The van der Waals surface area contributed by atoms with Crippen molar-refractivity contribution in [3.8, 4) is 0 Å². The van der Waals surface area contributed by atoms with E-state index < -0.39 is 0 Å². The van der Waals surface area contributed by atoms with Gasteiger partial charge >= 0.3 is 0 Å². The fourth-order valence-electron chi connectivity index (χ4n) is 3.14. The predicted octanol–water partition coefficient (Wildman–Crippen LogP) is 2.88. The van der Waals surface area contributed by atoms with E-state index in [1.54, 1.807) is 0 Å². The number of hydrogen-bond donors (Lipinski definition) is 1. The van der Waals surface area contributed by atoms with Gasteiger partial charge in [0.25, 0.3) is 0 Å². The summed E-state index contributed by atoms with van der Waals surface area (Å²) < 4.78 is 7.24. The van der Waals surface area contributed by atoms with Crippen LogP contribution in [0.25, 0.3) is 0 Å². The van der Waals surface area contributed by atoms with E-state index >= 15 is 0 Å². The monoisotopic (exact) mass is 338 g/mol. The zero-order valence-corrected chi connectivity index (χ0v) is 13.8. The normalized spacial score (nSPS) is 27.8. The van der Waals surface area contributed by atoms with Crippen LogP contribution in [-0.2, 0) is 4.74 Å². The van der Waals surface area contributed by atoms with Crippen LogP contribution in [0, 0.1) is 6.92 Å². The van der Waals surface area contributed by atoms with Crippen molar-refractivity contribution in [1.82, 2.24) is 10.2 Å². The van der Waals surface area contributed by atoms with Crippen LogP contribution in [0.4, 0.5) is 0 Å². The summed E-state index contributed by atoms with van der Waals surface area (Å²) in [4.78, 5) is 2.66. The molecule has 2 aliphatic rings. The van der Waals surface area contributed by atoms with Crippen molar-refractivity contribution < 1.29 is 4.74 Å². The number of rotatable bonds is 4. The molecule has 0 bridgehead atoms. The lowest BCUT2D eigenvalue weighted by molar-refractivity contribution is -0.0740. The molecule has 0 amide bonds. The van der Waals surface area contributed by atoms with E-state index in [9.17, 15) is 0 Å². The van der Waals surface area contributed by atoms with Gasteiger partial charge in [0.15, 0.2) is 0 Å². The highest BCUT2D eigenvalue weighted by molar-refractivity contribution is 9.10. The van der Waals surface area contributed by atoms with Crippen LogP contribution in [0.1, 0.15) is 30.0 Å². The molecule has 1 saturated carbocycles. The molecule has 20 heavy (non-hydrogen) atoms. The zero-order valence-electron chi connectivity index (χ0n) is 12.2. The third-order valence-electron chi connectivity index (χ3n) is 4.35. The fourth-order valence-corrected chi connectivity index (χ4v) is 3.54. The molecule has 1 aromatic carbocycles. The lowest BCUT2D eigenvalue weighted by Gasteiger charge is -2.42. The molecule has 4 heteroatoms. The second kappa shape index (κ2) is 6.14. The minimum atomic E-state index is 0.240. The van der Waals surface area contributed by atoms with Crippen LogP contribution in [0.5, 0.6) is 0 Å². The van der Waals surface area contributed by atoms with Crippen LogP contribution in [0.15, 0.2) is 22.7 Å². The number of benzene rings is 1. The Morgan fingerprint density at radius 1 is 1.40 bits per heavy atom. The molecular formula is C16H23BrN2O. The Morgan fingerprint density at radius 2 is 2.20 bits per heavy atom. The molecule has 1 aliphatic carbocycles. The molecule has 2 atom stereocenters. The Balaban J connectivity index is 1.91. The van der Waals surface area contributed by atoms with Crippen molar-refractivity contribution in [2.45, 2.75) is 38.0 Å². The summed E-state index contributed by atoms with van der Waals surface area (Å²) in [5.41, 5.74) is 2.66. The summed E-state index contributed by atoms with van der Waals surface area (Å²) >= 11 is 3.67. The molecule has 2 fully saturated rings. The molecule has 1 aromatic rings. The minimum Gasteiger partial charge on any atom is -0.374 e. The third-order valence-corrected chi connectivity index (χ3v) is 5.20. The summed E-state index contributed by atoms with van der Waals surface area (Å²) in [6.07, 6.45) is 2.93. The largest absolute Gasteiger partial charge is 0.374 e. The van der Waals surface area contributed by atoms with Crippen LogP contribution in [0.3, 0.4) is 0 Å². The van der Waals surface area contributed by atoms with Crippen LogP contribution >= 0.6 is 15.9 Å². The quantitative estimate of drug-likeness (QED) is 0.913. The van der Waals surface area contributed by atoms with Crippen molar-refractivity contribution in [3.05, 3.63) is 33.8 Å². The Bertz CT molecular complexity index is 474. The van der Waals surface area contributed by atoms with Gasteiger partial charge in [-0.05, 0) is 44.0 Å². The van der Waals surface area contributed by atoms with E-state index in [-0.39, 0.29) is 6.10 Å². The Kier molecular flexibility index (Phi) is 4.46. The molecule has 0 aromatic heterocycles. The second-order valence-corrected chi connectivity index (χ2v) is 6.74. The number of halogens is 1. The molecule has 1 heterocycles. The van der Waals surface area contributed by atoms with E-state index in [1.807, 2.05) is 7.05 Å². The smallest absolute Gasteiger partial charge is 0.0896 e. The summed E-state index contributed by atoms with van der Waals surface area (Å²) in [6, 6.07) is 7.88. The van der Waals surface area contributed by atoms with E-state index in [0.29, 0.717) is 6.04 Å². The minimum absolute atomic E-state index is 0.240. The molecule has 1 saturated heterocycles. The molecule has 0 spiro atoms. The van der Waals surface area contributed by atoms with E-state index in [2.05, 4.69) is 51.3 Å². The summed E-state index contributed by atoms with van der Waals surface area (Å²) in [5.74, 6) is 0. The molecule has 3 nitrogen and oxygen atoms in total. The lowest BCUT2D eigenvalue weighted by atomic mass is 9.96. The number of nitrogens with zero attached hydrogens (tertiary/aromatic N) is 1. The molecule has 110 valence electrons. The summed E-state index contributed by atoms with van der Waals surface area (Å²) in [7, 11) is 2.00. The Labute approximate surface area is 129 Å². The van der Waals surface area contributed by atoms with Gasteiger partial charge in [-0.2, -0.15) is 0 Å². The lowest BCUT2D eigenvalue weighted by Crippen LogP contribution is -2.49. The standard InChI is InChI=1S/C16H23BrN2O/c1-11-3-4-12(9-14(11)17)16-15(10-18-2)20-8-7-19(16)13-5-6-13/h3-4,9,13,15-16,18H,5-8,10H2,1-2H3. The van der Waals surface area contributed by atoms with Crippen molar-refractivity contribution in [2.24, 2.45) is 0 Å². The Hall–Kier alpha value is -0.420. The van der Waals surface area contributed by atoms with E-state index in [4.69, 9.17) is 4.74 Å². The van der Waals surface area contributed by atoms with Crippen LogP contribution < -0.4 is 5.32 Å². The first-order valence-corrected chi connectivity index (χ1v) is 8.28. The molecule has 1 aliphatic heterocycles. The van der Waals surface area contributed by atoms with Gasteiger partial charge in [0.1, 0.15) is 0 Å². The fraction of sp³-hybridized carbons (Fsp3) is 0.625.